The van der Waals surface area contributed by atoms with Gasteiger partial charge in [0.1, 0.15) is 23.6 Å². The minimum absolute atomic E-state index is 0.114. The summed E-state index contributed by atoms with van der Waals surface area (Å²) in [5, 5.41) is 0. The SMILES string of the molecule is CC[C@@H]1C(=O)C[C@@H](/C=C/c2ccc(OC)cc2)[C@H](C=O)[C@H]1c1ccc(OC)cc1. The monoisotopic (exact) mass is 392 g/mol. The molecule has 0 N–H and O–H groups in total. The van der Waals surface area contributed by atoms with Crippen LogP contribution in [0.1, 0.15) is 36.8 Å². The van der Waals surface area contributed by atoms with E-state index in [-0.39, 0.29) is 29.5 Å². The highest BCUT2D eigenvalue weighted by Gasteiger charge is 2.43. The fourth-order valence-electron chi connectivity index (χ4n) is 4.35. The van der Waals surface area contributed by atoms with Crippen molar-refractivity contribution in [2.75, 3.05) is 14.2 Å². The number of aldehydes is 1. The van der Waals surface area contributed by atoms with Gasteiger partial charge in [0.15, 0.2) is 0 Å². The molecule has 0 bridgehead atoms. The number of rotatable bonds is 7. The first-order valence-corrected chi connectivity index (χ1v) is 10.1. The number of hydrogen-bond acceptors (Lipinski definition) is 4. The molecule has 0 spiro atoms. The minimum atomic E-state index is -0.236. The fourth-order valence-corrected chi connectivity index (χ4v) is 4.35. The van der Waals surface area contributed by atoms with Crippen molar-refractivity contribution in [2.45, 2.75) is 25.7 Å². The first kappa shape index (κ1) is 20.8. The Morgan fingerprint density at radius 2 is 1.55 bits per heavy atom. The molecule has 2 aromatic carbocycles. The number of hydrogen-bond donors (Lipinski definition) is 0. The van der Waals surface area contributed by atoms with Crippen molar-refractivity contribution in [2.24, 2.45) is 17.8 Å². The summed E-state index contributed by atoms with van der Waals surface area (Å²) in [6.07, 6.45) is 6.18. The third-order valence-electron chi connectivity index (χ3n) is 5.94. The van der Waals surface area contributed by atoms with Crippen LogP contribution in [0, 0.1) is 17.8 Å². The van der Waals surface area contributed by atoms with Crippen LogP contribution >= 0.6 is 0 Å². The summed E-state index contributed by atoms with van der Waals surface area (Å²) in [5.41, 5.74) is 2.03. The van der Waals surface area contributed by atoms with E-state index in [2.05, 4.69) is 0 Å². The molecule has 4 nitrogen and oxygen atoms in total. The van der Waals surface area contributed by atoms with Crippen LogP contribution in [0.3, 0.4) is 0 Å². The molecular weight excluding hydrogens is 364 g/mol. The molecule has 4 heteroatoms. The first-order valence-electron chi connectivity index (χ1n) is 10.1. The molecule has 1 fully saturated rings. The minimum Gasteiger partial charge on any atom is -0.497 e. The lowest BCUT2D eigenvalue weighted by molar-refractivity contribution is -0.130. The molecule has 0 heterocycles. The van der Waals surface area contributed by atoms with E-state index in [1.807, 2.05) is 67.6 Å². The number of carbonyl (C=O) groups is 2. The molecule has 1 aliphatic carbocycles. The van der Waals surface area contributed by atoms with Crippen LogP contribution in [-0.2, 0) is 9.59 Å². The maximum absolute atomic E-state index is 12.9. The zero-order valence-electron chi connectivity index (χ0n) is 17.2. The summed E-state index contributed by atoms with van der Waals surface area (Å²) in [7, 11) is 3.26. The van der Waals surface area contributed by atoms with Crippen LogP contribution in [0.15, 0.2) is 54.6 Å². The van der Waals surface area contributed by atoms with Gasteiger partial charge in [-0.05, 0) is 47.7 Å². The highest BCUT2D eigenvalue weighted by molar-refractivity contribution is 5.85. The van der Waals surface area contributed by atoms with E-state index in [1.165, 1.54) is 0 Å². The molecule has 0 amide bonds. The summed E-state index contributed by atoms with van der Waals surface area (Å²) < 4.78 is 10.4. The quantitative estimate of drug-likeness (QED) is 0.627. The Labute approximate surface area is 172 Å². The summed E-state index contributed by atoms with van der Waals surface area (Å²) in [6, 6.07) is 15.5. The normalized spacial score (nSPS) is 24.4. The standard InChI is InChI=1S/C25H28O4/c1-4-22-24(27)15-19(8-5-17-6-11-20(28-2)12-7-17)23(16-26)25(22)18-9-13-21(29-3)14-10-18/h5-14,16,19,22-23,25H,4,15H2,1-3H3/b8-5+/t19-,22-,23+,25+/m1/s1. The van der Waals surface area contributed by atoms with Crippen molar-refractivity contribution in [3.8, 4) is 11.5 Å². The van der Waals surface area contributed by atoms with Crippen molar-refractivity contribution < 1.29 is 19.1 Å². The smallest absolute Gasteiger partial charge is 0.137 e. The maximum atomic E-state index is 12.9. The fraction of sp³-hybridized carbons (Fsp3) is 0.360. The number of methoxy groups -OCH3 is 2. The molecule has 0 radical (unpaired) electrons. The molecule has 29 heavy (non-hydrogen) atoms. The topological polar surface area (TPSA) is 52.6 Å². The lowest BCUT2D eigenvalue weighted by atomic mass is 9.63. The molecule has 2 aromatic rings. The van der Waals surface area contributed by atoms with Gasteiger partial charge < -0.3 is 14.3 Å². The third kappa shape index (κ3) is 4.58. The van der Waals surface area contributed by atoms with Crippen molar-refractivity contribution in [1.82, 2.24) is 0 Å². The molecule has 4 atom stereocenters. The maximum Gasteiger partial charge on any atom is 0.137 e. The Hall–Kier alpha value is -2.88. The Morgan fingerprint density at radius 1 is 0.966 bits per heavy atom. The van der Waals surface area contributed by atoms with E-state index in [9.17, 15) is 9.59 Å². The molecule has 0 saturated heterocycles. The lowest BCUT2D eigenvalue weighted by Crippen LogP contribution is -2.39. The van der Waals surface area contributed by atoms with Crippen molar-refractivity contribution >= 4 is 18.1 Å². The average molecular weight is 392 g/mol. The number of carbonyl (C=O) groups excluding carboxylic acids is 2. The van der Waals surface area contributed by atoms with Crippen LogP contribution < -0.4 is 9.47 Å². The number of benzene rings is 2. The van der Waals surface area contributed by atoms with Gasteiger partial charge in [-0.1, -0.05) is 43.3 Å². The van der Waals surface area contributed by atoms with E-state index in [4.69, 9.17) is 9.47 Å². The molecule has 0 aromatic heterocycles. The van der Waals surface area contributed by atoms with Gasteiger partial charge in [0.2, 0.25) is 0 Å². The molecule has 1 saturated carbocycles. The molecule has 1 aliphatic rings. The highest BCUT2D eigenvalue weighted by Crippen LogP contribution is 2.45. The molecule has 0 aliphatic heterocycles. The summed E-state index contributed by atoms with van der Waals surface area (Å²) in [6.45, 7) is 2.02. The van der Waals surface area contributed by atoms with Crippen molar-refractivity contribution in [1.29, 1.82) is 0 Å². The van der Waals surface area contributed by atoms with E-state index in [0.29, 0.717) is 6.42 Å². The zero-order chi connectivity index (χ0) is 20.8. The van der Waals surface area contributed by atoms with E-state index in [0.717, 1.165) is 35.3 Å². The predicted octanol–water partition coefficient (Wildman–Crippen LogP) is 4.93. The average Bonchev–Trinajstić information content (AvgIpc) is 2.77. The van der Waals surface area contributed by atoms with Gasteiger partial charge >= 0.3 is 0 Å². The van der Waals surface area contributed by atoms with Crippen LogP contribution in [0.25, 0.3) is 6.08 Å². The molecule has 0 unspecified atom stereocenters. The van der Waals surface area contributed by atoms with Crippen molar-refractivity contribution in [3.05, 3.63) is 65.7 Å². The van der Waals surface area contributed by atoms with E-state index >= 15 is 0 Å². The summed E-state index contributed by atoms with van der Waals surface area (Å²) >= 11 is 0. The Morgan fingerprint density at radius 3 is 2.07 bits per heavy atom. The summed E-state index contributed by atoms with van der Waals surface area (Å²) in [4.78, 5) is 25.1. The van der Waals surface area contributed by atoms with Gasteiger partial charge in [-0.2, -0.15) is 0 Å². The van der Waals surface area contributed by atoms with Crippen LogP contribution in [-0.4, -0.2) is 26.3 Å². The van der Waals surface area contributed by atoms with Crippen molar-refractivity contribution in [3.63, 3.8) is 0 Å². The van der Waals surface area contributed by atoms with Gasteiger partial charge in [0, 0.05) is 24.2 Å². The van der Waals surface area contributed by atoms with Gasteiger partial charge in [0.05, 0.1) is 14.2 Å². The number of Topliss-reactive ketones (excluding diaryl/α,β-unsaturated/α-hetero) is 1. The van der Waals surface area contributed by atoms with Crippen LogP contribution in [0.4, 0.5) is 0 Å². The zero-order valence-corrected chi connectivity index (χ0v) is 17.2. The second-order valence-corrected chi connectivity index (χ2v) is 7.49. The molecular formula is C25H28O4. The Kier molecular flexibility index (Phi) is 6.86. The van der Waals surface area contributed by atoms with Gasteiger partial charge in [-0.3, -0.25) is 4.79 Å². The van der Waals surface area contributed by atoms with Gasteiger partial charge in [0.25, 0.3) is 0 Å². The summed E-state index contributed by atoms with van der Waals surface area (Å²) in [5.74, 6) is 1.20. The van der Waals surface area contributed by atoms with Gasteiger partial charge in [-0.15, -0.1) is 0 Å². The number of ketones is 1. The predicted molar refractivity (Wildman–Crippen MR) is 114 cm³/mol. The Bertz CT molecular complexity index is 851. The highest BCUT2D eigenvalue weighted by atomic mass is 16.5. The largest absolute Gasteiger partial charge is 0.497 e. The molecule has 152 valence electrons. The second kappa shape index (κ2) is 9.55. The van der Waals surface area contributed by atoms with Crippen LogP contribution in [0.2, 0.25) is 0 Å². The number of ether oxygens (including phenoxy) is 2. The first-order chi connectivity index (χ1) is 14.1. The number of allylic oxidation sites excluding steroid dienone is 1. The van der Waals surface area contributed by atoms with Crippen LogP contribution in [0.5, 0.6) is 11.5 Å². The lowest BCUT2D eigenvalue weighted by Gasteiger charge is -2.39. The second-order valence-electron chi connectivity index (χ2n) is 7.49. The third-order valence-corrected chi connectivity index (χ3v) is 5.94. The molecule has 3 rings (SSSR count). The van der Waals surface area contributed by atoms with E-state index < -0.39 is 0 Å². The Balaban J connectivity index is 1.90. The van der Waals surface area contributed by atoms with E-state index in [1.54, 1.807) is 14.2 Å². The van der Waals surface area contributed by atoms with Gasteiger partial charge in [-0.25, -0.2) is 0 Å².